The average molecular weight is 522 g/mol. The summed E-state index contributed by atoms with van der Waals surface area (Å²) in [4.78, 5) is 29.5. The molecule has 2 aromatic carbocycles. The maximum absolute atomic E-state index is 13.3. The van der Waals surface area contributed by atoms with Crippen LogP contribution in [0, 0.1) is 12.8 Å². The molecule has 2 fully saturated rings. The van der Waals surface area contributed by atoms with E-state index in [1.165, 1.54) is 11.1 Å². The number of carbonyl (C=O) groups excluding carboxylic acids is 2. The van der Waals surface area contributed by atoms with E-state index < -0.39 is 0 Å². The van der Waals surface area contributed by atoms with Crippen LogP contribution in [0.4, 0.5) is 5.69 Å². The Morgan fingerprint density at radius 3 is 2.61 bits per heavy atom. The Balaban J connectivity index is 1.27. The van der Waals surface area contributed by atoms with E-state index in [0.29, 0.717) is 12.6 Å². The molecule has 1 heterocycles. The number of nitrogens with zero attached hydrogens (tertiary/aromatic N) is 2. The third kappa shape index (κ3) is 7.58. The lowest BCUT2D eigenvalue weighted by Gasteiger charge is -2.32. The average Bonchev–Trinajstić information content (AvgIpc) is 2.90. The molecule has 0 unspecified atom stereocenters. The van der Waals surface area contributed by atoms with Gasteiger partial charge in [-0.15, -0.1) is 0 Å². The van der Waals surface area contributed by atoms with Gasteiger partial charge in [0.2, 0.25) is 5.91 Å². The number of hydrogen-bond donors (Lipinski definition) is 1. The van der Waals surface area contributed by atoms with Crippen molar-refractivity contribution in [1.29, 1.82) is 0 Å². The quantitative estimate of drug-likeness (QED) is 0.490. The first-order chi connectivity index (χ1) is 18.3. The molecule has 0 aromatic heterocycles. The second-order valence-corrected chi connectivity index (χ2v) is 10.8. The Hall–Kier alpha value is -2.90. The fourth-order valence-corrected chi connectivity index (χ4v) is 5.59. The summed E-state index contributed by atoms with van der Waals surface area (Å²) in [7, 11) is 1.90. The number of hydrogen-bond acceptors (Lipinski definition) is 6. The van der Waals surface area contributed by atoms with Crippen LogP contribution in [0.25, 0.3) is 0 Å². The lowest BCUT2D eigenvalue weighted by molar-refractivity contribution is -0.142. The standard InChI is InChI=1S/C31H43N3O4/c1-5-37-30(35)19-24-7-6-8-29(18-24)38-28-13-10-25(11-14-28)31(36)33(4)27-12-9-26(22(2)17-27)21-34-16-15-32-23(3)20-34/h6-9,12,17-18,23,25,28,32H,5,10-11,13-16,19-21H2,1-4H3/t23-,25?,28?/m0/s1. The van der Waals surface area contributed by atoms with Gasteiger partial charge in [-0.3, -0.25) is 14.5 Å². The summed E-state index contributed by atoms with van der Waals surface area (Å²) in [6.45, 7) is 10.7. The van der Waals surface area contributed by atoms with Gasteiger partial charge < -0.3 is 19.7 Å². The van der Waals surface area contributed by atoms with Gasteiger partial charge >= 0.3 is 5.97 Å². The van der Waals surface area contributed by atoms with Gasteiger partial charge in [-0.25, -0.2) is 0 Å². The summed E-state index contributed by atoms with van der Waals surface area (Å²) >= 11 is 0. The molecule has 0 radical (unpaired) electrons. The zero-order chi connectivity index (χ0) is 27.1. The molecule has 4 rings (SSSR count). The van der Waals surface area contributed by atoms with Crippen LogP contribution in [-0.4, -0.2) is 62.2 Å². The maximum atomic E-state index is 13.3. The minimum atomic E-state index is -0.230. The largest absolute Gasteiger partial charge is 0.490 e. The molecule has 1 atom stereocenters. The van der Waals surface area contributed by atoms with Crippen LogP contribution < -0.4 is 15.0 Å². The fraction of sp³-hybridized carbons (Fsp3) is 0.548. The summed E-state index contributed by atoms with van der Waals surface area (Å²) in [5, 5.41) is 3.50. The van der Waals surface area contributed by atoms with Crippen molar-refractivity contribution in [3.05, 3.63) is 59.2 Å². The number of anilines is 1. The number of amides is 1. The van der Waals surface area contributed by atoms with Gasteiger partial charge in [0, 0.05) is 50.9 Å². The molecule has 1 aliphatic heterocycles. The van der Waals surface area contributed by atoms with Crippen molar-refractivity contribution < 1.29 is 19.1 Å². The molecule has 7 nitrogen and oxygen atoms in total. The van der Waals surface area contributed by atoms with Crippen LogP contribution in [0.1, 0.15) is 56.2 Å². The van der Waals surface area contributed by atoms with Crippen LogP contribution in [-0.2, 0) is 27.3 Å². The third-order valence-corrected chi connectivity index (χ3v) is 7.77. The zero-order valence-corrected chi connectivity index (χ0v) is 23.4. The lowest BCUT2D eigenvalue weighted by atomic mass is 9.86. The van der Waals surface area contributed by atoms with Crippen molar-refractivity contribution in [2.45, 2.75) is 71.6 Å². The first kappa shape index (κ1) is 28.1. The van der Waals surface area contributed by atoms with Crippen molar-refractivity contribution in [3.63, 3.8) is 0 Å². The second kappa shape index (κ2) is 13.3. The van der Waals surface area contributed by atoms with Crippen LogP contribution >= 0.6 is 0 Å². The Kier molecular flexibility index (Phi) is 9.80. The SMILES string of the molecule is CCOC(=O)Cc1cccc(OC2CCC(C(=O)N(C)c3ccc(CN4CCN[C@@H](C)C4)c(C)c3)CC2)c1. The molecule has 2 aromatic rings. The molecule has 206 valence electrons. The Morgan fingerprint density at radius 2 is 1.89 bits per heavy atom. The van der Waals surface area contributed by atoms with Gasteiger partial charge in [-0.2, -0.15) is 0 Å². The van der Waals surface area contributed by atoms with E-state index in [9.17, 15) is 9.59 Å². The van der Waals surface area contributed by atoms with Crippen molar-refractivity contribution >= 4 is 17.6 Å². The Morgan fingerprint density at radius 1 is 1.11 bits per heavy atom. The predicted octanol–water partition coefficient (Wildman–Crippen LogP) is 4.49. The molecular weight excluding hydrogens is 478 g/mol. The fourth-order valence-electron chi connectivity index (χ4n) is 5.59. The number of esters is 1. The van der Waals surface area contributed by atoms with Crippen molar-refractivity contribution in [3.8, 4) is 5.75 Å². The van der Waals surface area contributed by atoms with Crippen molar-refractivity contribution in [2.75, 3.05) is 38.2 Å². The molecule has 0 bridgehead atoms. The number of benzene rings is 2. The zero-order valence-electron chi connectivity index (χ0n) is 23.4. The van der Waals surface area contributed by atoms with Crippen LogP contribution in [0.3, 0.4) is 0 Å². The van der Waals surface area contributed by atoms with E-state index in [2.05, 4.69) is 42.3 Å². The Labute approximate surface area is 227 Å². The highest BCUT2D eigenvalue weighted by molar-refractivity contribution is 5.94. The van der Waals surface area contributed by atoms with E-state index in [-0.39, 0.29) is 30.3 Å². The van der Waals surface area contributed by atoms with Gasteiger partial charge in [-0.1, -0.05) is 18.2 Å². The van der Waals surface area contributed by atoms with E-state index >= 15 is 0 Å². The molecule has 1 amide bonds. The topological polar surface area (TPSA) is 71.1 Å². The predicted molar refractivity (Wildman–Crippen MR) is 150 cm³/mol. The molecular formula is C31H43N3O4. The number of rotatable bonds is 9. The molecule has 0 spiro atoms. The summed E-state index contributed by atoms with van der Waals surface area (Å²) in [6, 6.07) is 14.6. The van der Waals surface area contributed by atoms with Crippen molar-refractivity contribution in [1.82, 2.24) is 10.2 Å². The first-order valence-electron chi connectivity index (χ1n) is 14.1. The number of ether oxygens (including phenoxy) is 2. The summed E-state index contributed by atoms with van der Waals surface area (Å²) in [5.74, 6) is 0.733. The van der Waals surface area contributed by atoms with Gasteiger partial charge in [0.05, 0.1) is 19.1 Å². The first-order valence-corrected chi connectivity index (χ1v) is 14.1. The summed E-state index contributed by atoms with van der Waals surface area (Å²) in [6.07, 6.45) is 3.63. The number of aryl methyl sites for hydroxylation is 1. The van der Waals surface area contributed by atoms with Crippen molar-refractivity contribution in [2.24, 2.45) is 5.92 Å². The van der Waals surface area contributed by atoms with Gasteiger partial charge in [0.1, 0.15) is 5.75 Å². The van der Waals surface area contributed by atoms with E-state index in [4.69, 9.17) is 9.47 Å². The third-order valence-electron chi connectivity index (χ3n) is 7.77. The highest BCUT2D eigenvalue weighted by Crippen LogP contribution is 2.31. The summed E-state index contributed by atoms with van der Waals surface area (Å²) in [5.41, 5.74) is 4.40. The monoisotopic (exact) mass is 521 g/mol. The van der Waals surface area contributed by atoms with Crippen LogP contribution in [0.5, 0.6) is 5.75 Å². The van der Waals surface area contributed by atoms with E-state index in [1.54, 1.807) is 0 Å². The van der Waals surface area contributed by atoms with E-state index in [1.807, 2.05) is 43.1 Å². The molecule has 38 heavy (non-hydrogen) atoms. The van der Waals surface area contributed by atoms with Gasteiger partial charge in [0.15, 0.2) is 0 Å². The second-order valence-electron chi connectivity index (χ2n) is 10.8. The number of piperazine rings is 1. The minimum Gasteiger partial charge on any atom is -0.490 e. The smallest absolute Gasteiger partial charge is 0.310 e. The van der Waals surface area contributed by atoms with Gasteiger partial charge in [-0.05, 0) is 87.4 Å². The number of nitrogens with one attached hydrogen (secondary N) is 1. The minimum absolute atomic E-state index is 0.0114. The maximum Gasteiger partial charge on any atom is 0.310 e. The molecule has 1 N–H and O–H groups in total. The molecule has 1 saturated heterocycles. The normalized spacial score (nSPS) is 22.1. The highest BCUT2D eigenvalue weighted by Gasteiger charge is 2.30. The molecule has 1 saturated carbocycles. The molecule has 1 aliphatic carbocycles. The summed E-state index contributed by atoms with van der Waals surface area (Å²) < 4.78 is 11.3. The molecule has 7 heteroatoms. The lowest BCUT2D eigenvalue weighted by Crippen LogP contribution is -2.48. The van der Waals surface area contributed by atoms with Gasteiger partial charge in [0.25, 0.3) is 0 Å². The van der Waals surface area contributed by atoms with Crippen LogP contribution in [0.15, 0.2) is 42.5 Å². The number of carbonyl (C=O) groups is 2. The molecule has 2 aliphatic rings. The highest BCUT2D eigenvalue weighted by atomic mass is 16.5. The van der Waals surface area contributed by atoms with E-state index in [0.717, 1.165) is 68.9 Å². The Bertz CT molecular complexity index is 1100. The van der Waals surface area contributed by atoms with Crippen LogP contribution in [0.2, 0.25) is 0 Å².